The Morgan fingerprint density at radius 3 is 2.48 bits per heavy atom. The Morgan fingerprint density at radius 1 is 1.33 bits per heavy atom. The highest BCUT2D eigenvalue weighted by molar-refractivity contribution is 5.88. The summed E-state index contributed by atoms with van der Waals surface area (Å²) < 4.78 is 27.4. The molecule has 0 bridgehead atoms. The van der Waals surface area contributed by atoms with Crippen LogP contribution in [0.3, 0.4) is 0 Å². The van der Waals surface area contributed by atoms with Gasteiger partial charge in [0.25, 0.3) is 0 Å². The Hall–Kier alpha value is -1.97. The van der Waals surface area contributed by atoms with Crippen molar-refractivity contribution in [1.29, 1.82) is 0 Å². The van der Waals surface area contributed by atoms with Gasteiger partial charge < -0.3 is 5.11 Å². The topological polar surface area (TPSA) is 37.3 Å². The molecule has 0 heterocycles. The molecular weight excluding hydrogens is 274 g/mol. The number of hydrogen-bond donors (Lipinski definition) is 1. The molecule has 0 saturated heterocycles. The van der Waals surface area contributed by atoms with Crippen molar-refractivity contribution in [2.45, 2.75) is 38.5 Å². The summed E-state index contributed by atoms with van der Waals surface area (Å²) in [6.45, 7) is 2.13. The number of carbonyl (C=O) groups is 1. The van der Waals surface area contributed by atoms with E-state index < -0.39 is 23.2 Å². The van der Waals surface area contributed by atoms with Crippen molar-refractivity contribution >= 4 is 5.97 Å². The van der Waals surface area contributed by atoms with Crippen molar-refractivity contribution in [3.8, 4) is 0 Å². The molecule has 1 unspecified atom stereocenters. The Labute approximate surface area is 122 Å². The maximum Gasteiger partial charge on any atom is 0.341 e. The van der Waals surface area contributed by atoms with E-state index in [0.29, 0.717) is 12.0 Å². The maximum atomic E-state index is 13.7. The van der Waals surface area contributed by atoms with Crippen LogP contribution < -0.4 is 0 Å². The number of rotatable bonds is 5. The lowest BCUT2D eigenvalue weighted by Gasteiger charge is -2.17. The lowest BCUT2D eigenvalue weighted by molar-refractivity contribution is 0.0686. The number of allylic oxidation sites excluding steroid dienone is 4. The molecule has 0 spiro atoms. The summed E-state index contributed by atoms with van der Waals surface area (Å²) >= 11 is 0. The summed E-state index contributed by atoms with van der Waals surface area (Å²) in [7, 11) is 0. The Bertz CT molecular complexity index is 580. The van der Waals surface area contributed by atoms with Crippen molar-refractivity contribution in [2.75, 3.05) is 0 Å². The Morgan fingerprint density at radius 2 is 2.00 bits per heavy atom. The fraction of sp³-hybridized carbons (Fsp3) is 0.353. The number of carboxylic acids is 1. The number of unbranched alkanes of at least 4 members (excludes halogenated alkanes) is 1. The molecule has 0 saturated carbocycles. The minimum atomic E-state index is -1.59. The summed E-state index contributed by atoms with van der Waals surface area (Å²) in [5.41, 5.74) is 0.825. The van der Waals surface area contributed by atoms with Crippen LogP contribution in [0.5, 0.6) is 0 Å². The second-order valence-electron chi connectivity index (χ2n) is 5.25. The molecular formula is C17H18F2O2. The lowest BCUT2D eigenvalue weighted by Crippen LogP contribution is -2.08. The molecule has 0 aromatic heterocycles. The van der Waals surface area contributed by atoms with Gasteiger partial charge in [-0.05, 0) is 37.0 Å². The molecule has 4 heteroatoms. The van der Waals surface area contributed by atoms with E-state index in [0.717, 1.165) is 31.4 Å². The Balaban J connectivity index is 2.17. The third-order valence-electron chi connectivity index (χ3n) is 3.70. The number of hydrogen-bond acceptors (Lipinski definition) is 1. The fourth-order valence-corrected chi connectivity index (χ4v) is 2.49. The summed E-state index contributed by atoms with van der Waals surface area (Å²) in [5, 5.41) is 8.76. The van der Waals surface area contributed by atoms with Crippen molar-refractivity contribution in [3.63, 3.8) is 0 Å². The van der Waals surface area contributed by atoms with Gasteiger partial charge in [0.05, 0.1) is 0 Å². The molecule has 112 valence electrons. The molecule has 1 aliphatic rings. The van der Waals surface area contributed by atoms with Crippen LogP contribution in [0.2, 0.25) is 0 Å². The predicted molar refractivity (Wildman–Crippen MR) is 77.4 cm³/mol. The van der Waals surface area contributed by atoms with Gasteiger partial charge in [-0.1, -0.05) is 37.1 Å². The second-order valence-corrected chi connectivity index (χ2v) is 5.25. The van der Waals surface area contributed by atoms with Crippen LogP contribution in [-0.4, -0.2) is 11.1 Å². The van der Waals surface area contributed by atoms with Crippen LogP contribution in [0.15, 0.2) is 35.9 Å². The molecule has 2 rings (SSSR count). The van der Waals surface area contributed by atoms with E-state index >= 15 is 0 Å². The van der Waals surface area contributed by atoms with Gasteiger partial charge in [-0.3, -0.25) is 0 Å². The first-order valence-electron chi connectivity index (χ1n) is 7.12. The minimum absolute atomic E-state index is 0.109. The summed E-state index contributed by atoms with van der Waals surface area (Å²) in [6, 6.07) is 2.23. The van der Waals surface area contributed by atoms with Crippen molar-refractivity contribution in [2.24, 2.45) is 0 Å². The minimum Gasteiger partial charge on any atom is -0.477 e. The number of carboxylic acid groups (broad SMARTS) is 1. The van der Waals surface area contributed by atoms with Crippen LogP contribution >= 0.6 is 0 Å². The zero-order chi connectivity index (χ0) is 15.4. The first kappa shape index (κ1) is 15.4. The molecule has 1 aliphatic carbocycles. The van der Waals surface area contributed by atoms with E-state index in [2.05, 4.69) is 13.0 Å². The van der Waals surface area contributed by atoms with Gasteiger partial charge in [0.15, 0.2) is 0 Å². The summed E-state index contributed by atoms with van der Waals surface area (Å²) in [5.74, 6) is -3.74. The molecule has 0 fully saturated rings. The van der Waals surface area contributed by atoms with E-state index in [-0.39, 0.29) is 5.92 Å². The normalized spacial score (nSPS) is 17.7. The monoisotopic (exact) mass is 292 g/mol. The van der Waals surface area contributed by atoms with Crippen LogP contribution in [-0.2, 0) is 0 Å². The first-order chi connectivity index (χ1) is 10.0. The first-order valence-corrected chi connectivity index (χ1v) is 7.12. The number of halogens is 2. The van der Waals surface area contributed by atoms with Crippen LogP contribution in [0.4, 0.5) is 8.78 Å². The largest absolute Gasteiger partial charge is 0.477 e. The van der Waals surface area contributed by atoms with Crippen LogP contribution in [0.1, 0.15) is 54.4 Å². The molecule has 1 aromatic carbocycles. The zero-order valence-electron chi connectivity index (χ0n) is 11.9. The van der Waals surface area contributed by atoms with E-state index in [1.807, 2.05) is 12.2 Å². The van der Waals surface area contributed by atoms with Crippen LogP contribution in [0, 0.1) is 11.6 Å². The van der Waals surface area contributed by atoms with E-state index in [1.165, 1.54) is 5.57 Å². The molecule has 21 heavy (non-hydrogen) atoms. The predicted octanol–water partition coefficient (Wildman–Crippen LogP) is 4.82. The third kappa shape index (κ3) is 3.57. The van der Waals surface area contributed by atoms with Gasteiger partial charge in [0, 0.05) is 5.92 Å². The zero-order valence-corrected chi connectivity index (χ0v) is 11.9. The van der Waals surface area contributed by atoms with E-state index in [9.17, 15) is 13.6 Å². The average molecular weight is 292 g/mol. The number of aromatic carboxylic acids is 1. The smallest absolute Gasteiger partial charge is 0.341 e. The second kappa shape index (κ2) is 6.66. The molecule has 1 N–H and O–H groups in total. The van der Waals surface area contributed by atoms with Gasteiger partial charge in [0.2, 0.25) is 0 Å². The third-order valence-corrected chi connectivity index (χ3v) is 3.70. The van der Waals surface area contributed by atoms with Gasteiger partial charge in [-0.15, -0.1) is 0 Å². The van der Waals surface area contributed by atoms with Crippen molar-refractivity contribution in [3.05, 3.63) is 58.7 Å². The SMILES string of the molecule is CCCCC1=CCC(c2cc(F)c(C(=O)O)c(F)c2)C=C1. The average Bonchev–Trinajstić information content (AvgIpc) is 2.44. The highest BCUT2D eigenvalue weighted by Crippen LogP contribution is 2.30. The highest BCUT2D eigenvalue weighted by atomic mass is 19.1. The molecule has 2 nitrogen and oxygen atoms in total. The van der Waals surface area contributed by atoms with Gasteiger partial charge in [0.1, 0.15) is 17.2 Å². The van der Waals surface area contributed by atoms with E-state index in [4.69, 9.17) is 5.11 Å². The summed E-state index contributed by atoms with van der Waals surface area (Å²) in [4.78, 5) is 10.8. The van der Waals surface area contributed by atoms with E-state index in [1.54, 1.807) is 0 Å². The van der Waals surface area contributed by atoms with Gasteiger partial charge in [-0.2, -0.15) is 0 Å². The van der Waals surface area contributed by atoms with Gasteiger partial charge in [-0.25, -0.2) is 13.6 Å². The standard InChI is InChI=1S/C17H18F2O2/c1-2-3-4-11-5-7-12(8-6-11)13-9-14(18)16(17(20)21)15(19)10-13/h5-7,9-10,12H,2-4,8H2,1H3,(H,20,21). The quantitative estimate of drug-likeness (QED) is 0.844. The Kier molecular flexibility index (Phi) is 4.89. The molecule has 0 radical (unpaired) electrons. The molecule has 0 aliphatic heterocycles. The number of benzene rings is 1. The lowest BCUT2D eigenvalue weighted by atomic mass is 9.88. The fourth-order valence-electron chi connectivity index (χ4n) is 2.49. The maximum absolute atomic E-state index is 13.7. The summed E-state index contributed by atoms with van der Waals surface area (Å²) in [6.07, 6.45) is 9.95. The molecule has 1 aromatic rings. The van der Waals surface area contributed by atoms with Crippen molar-refractivity contribution < 1.29 is 18.7 Å². The van der Waals surface area contributed by atoms with Gasteiger partial charge >= 0.3 is 5.97 Å². The van der Waals surface area contributed by atoms with Crippen molar-refractivity contribution in [1.82, 2.24) is 0 Å². The molecule has 1 atom stereocenters. The van der Waals surface area contributed by atoms with Crippen LogP contribution in [0.25, 0.3) is 0 Å². The highest BCUT2D eigenvalue weighted by Gasteiger charge is 2.20. The molecule has 0 amide bonds.